The minimum atomic E-state index is -0.411. The highest BCUT2D eigenvalue weighted by atomic mass is 35.5. The Morgan fingerprint density at radius 1 is 1.45 bits per heavy atom. The molecule has 6 heteroatoms. The van der Waals surface area contributed by atoms with Gasteiger partial charge in [-0.1, -0.05) is 29.8 Å². The van der Waals surface area contributed by atoms with Gasteiger partial charge in [-0.2, -0.15) is 0 Å². The molecule has 0 aliphatic carbocycles. The van der Waals surface area contributed by atoms with Gasteiger partial charge in [0.2, 0.25) is 0 Å². The van der Waals surface area contributed by atoms with Crippen molar-refractivity contribution in [1.29, 1.82) is 0 Å². The predicted molar refractivity (Wildman–Crippen MR) is 82.4 cm³/mol. The van der Waals surface area contributed by atoms with E-state index in [-0.39, 0.29) is 6.04 Å². The van der Waals surface area contributed by atoms with E-state index < -0.39 is 5.97 Å². The summed E-state index contributed by atoms with van der Waals surface area (Å²) in [5, 5.41) is 6.97. The summed E-state index contributed by atoms with van der Waals surface area (Å²) in [6.07, 6.45) is 0. The molecule has 1 aromatic carbocycles. The van der Waals surface area contributed by atoms with Crippen molar-refractivity contribution in [3.63, 3.8) is 0 Å². The third-order valence-electron chi connectivity index (χ3n) is 3.04. The Kier molecular flexibility index (Phi) is 4.62. The van der Waals surface area contributed by atoms with Crippen molar-refractivity contribution in [3.8, 4) is 0 Å². The summed E-state index contributed by atoms with van der Waals surface area (Å²) in [7, 11) is 0. The molecule has 106 valence electrons. The van der Waals surface area contributed by atoms with Gasteiger partial charge in [0.05, 0.1) is 12.6 Å². The van der Waals surface area contributed by atoms with Crippen LogP contribution in [-0.2, 0) is 9.53 Å². The fraction of sp³-hybridized carbons (Fsp3) is 0.286. The molecule has 1 unspecified atom stereocenters. The molecule has 0 saturated carbocycles. The molecule has 0 aromatic heterocycles. The van der Waals surface area contributed by atoms with Crippen LogP contribution in [0.2, 0.25) is 5.02 Å². The number of benzene rings is 1. The van der Waals surface area contributed by atoms with Gasteiger partial charge in [0.25, 0.3) is 0 Å². The van der Waals surface area contributed by atoms with Crippen molar-refractivity contribution >= 4 is 34.9 Å². The van der Waals surface area contributed by atoms with Crippen LogP contribution in [0.3, 0.4) is 0 Å². The average molecular weight is 311 g/mol. The monoisotopic (exact) mass is 310 g/mol. The first kappa shape index (κ1) is 14.8. The molecule has 1 atom stereocenters. The van der Waals surface area contributed by atoms with E-state index in [9.17, 15) is 4.79 Å². The van der Waals surface area contributed by atoms with Crippen molar-refractivity contribution in [2.45, 2.75) is 19.9 Å². The van der Waals surface area contributed by atoms with E-state index in [2.05, 4.69) is 10.6 Å². The molecule has 0 bridgehead atoms. The van der Waals surface area contributed by atoms with Gasteiger partial charge in [-0.15, -0.1) is 0 Å². The van der Waals surface area contributed by atoms with Crippen molar-refractivity contribution < 1.29 is 9.53 Å². The SMILES string of the molecule is CCOC(=O)C1=C(C)C(c2ccccc2Cl)NC(=S)N1. The lowest BCUT2D eigenvalue weighted by molar-refractivity contribution is -0.138. The van der Waals surface area contributed by atoms with E-state index in [1.54, 1.807) is 13.0 Å². The molecular weight excluding hydrogens is 296 g/mol. The number of esters is 1. The summed E-state index contributed by atoms with van der Waals surface area (Å²) >= 11 is 11.4. The van der Waals surface area contributed by atoms with Crippen LogP contribution < -0.4 is 10.6 Å². The third-order valence-corrected chi connectivity index (χ3v) is 3.60. The van der Waals surface area contributed by atoms with Crippen LogP contribution in [0.4, 0.5) is 0 Å². The molecule has 0 fully saturated rings. The van der Waals surface area contributed by atoms with Gasteiger partial charge in [0.15, 0.2) is 5.11 Å². The maximum atomic E-state index is 12.0. The van der Waals surface area contributed by atoms with Crippen LogP contribution in [0.25, 0.3) is 0 Å². The third kappa shape index (κ3) is 2.94. The number of rotatable bonds is 3. The van der Waals surface area contributed by atoms with Crippen LogP contribution in [0.15, 0.2) is 35.5 Å². The number of hydrogen-bond acceptors (Lipinski definition) is 3. The van der Waals surface area contributed by atoms with Crippen LogP contribution in [-0.4, -0.2) is 17.7 Å². The highest BCUT2D eigenvalue weighted by Gasteiger charge is 2.28. The molecule has 1 aliphatic rings. The van der Waals surface area contributed by atoms with E-state index in [4.69, 9.17) is 28.6 Å². The van der Waals surface area contributed by atoms with Gasteiger partial charge in [-0.25, -0.2) is 4.79 Å². The van der Waals surface area contributed by atoms with E-state index in [1.165, 1.54) is 0 Å². The molecule has 2 N–H and O–H groups in total. The largest absolute Gasteiger partial charge is 0.461 e. The first-order valence-corrected chi connectivity index (χ1v) is 7.03. The first-order chi connectivity index (χ1) is 9.54. The van der Waals surface area contributed by atoms with Gasteiger partial charge >= 0.3 is 5.97 Å². The summed E-state index contributed by atoms with van der Waals surface area (Å²) in [5.41, 5.74) is 2.04. The Labute approximate surface area is 128 Å². The second kappa shape index (κ2) is 6.24. The minimum absolute atomic E-state index is 0.239. The highest BCUT2D eigenvalue weighted by molar-refractivity contribution is 7.80. The fourth-order valence-electron chi connectivity index (χ4n) is 2.07. The Morgan fingerprint density at radius 3 is 2.80 bits per heavy atom. The zero-order valence-electron chi connectivity index (χ0n) is 11.2. The fourth-order valence-corrected chi connectivity index (χ4v) is 2.53. The van der Waals surface area contributed by atoms with Crippen molar-refractivity contribution in [3.05, 3.63) is 46.1 Å². The van der Waals surface area contributed by atoms with E-state index in [0.29, 0.717) is 22.4 Å². The van der Waals surface area contributed by atoms with E-state index in [1.807, 2.05) is 25.1 Å². The van der Waals surface area contributed by atoms with Gasteiger partial charge in [0, 0.05) is 5.02 Å². The summed E-state index contributed by atoms with van der Waals surface area (Å²) in [4.78, 5) is 12.0. The maximum Gasteiger partial charge on any atom is 0.354 e. The molecule has 0 radical (unpaired) electrons. The van der Waals surface area contributed by atoms with Gasteiger partial charge < -0.3 is 15.4 Å². The lowest BCUT2D eigenvalue weighted by atomic mass is 9.96. The van der Waals surface area contributed by atoms with Crippen molar-refractivity contribution in [2.24, 2.45) is 0 Å². The smallest absolute Gasteiger partial charge is 0.354 e. The van der Waals surface area contributed by atoms with Gasteiger partial charge in [-0.05, 0) is 43.3 Å². The van der Waals surface area contributed by atoms with E-state index >= 15 is 0 Å². The van der Waals surface area contributed by atoms with Crippen LogP contribution in [0.1, 0.15) is 25.5 Å². The number of hydrogen-bond donors (Lipinski definition) is 2. The molecule has 0 spiro atoms. The summed E-state index contributed by atoms with van der Waals surface area (Å²) in [5.74, 6) is -0.411. The molecular formula is C14H15ClN2O2S. The molecule has 20 heavy (non-hydrogen) atoms. The summed E-state index contributed by atoms with van der Waals surface area (Å²) < 4.78 is 5.03. The van der Waals surface area contributed by atoms with Crippen molar-refractivity contribution in [2.75, 3.05) is 6.61 Å². The van der Waals surface area contributed by atoms with Gasteiger partial charge in [-0.3, -0.25) is 0 Å². The Balaban J connectivity index is 2.43. The number of halogens is 1. The first-order valence-electron chi connectivity index (χ1n) is 6.24. The lowest BCUT2D eigenvalue weighted by Crippen LogP contribution is -2.45. The normalized spacial score (nSPS) is 18.4. The second-order valence-corrected chi connectivity index (χ2v) is 5.15. The number of thiocarbonyl (C=S) groups is 1. The zero-order valence-corrected chi connectivity index (χ0v) is 12.8. The van der Waals surface area contributed by atoms with Crippen LogP contribution in [0, 0.1) is 0 Å². The molecule has 0 amide bonds. The highest BCUT2D eigenvalue weighted by Crippen LogP contribution is 2.31. The standard InChI is InChI=1S/C14H15ClN2O2S/c1-3-19-13(18)12-8(2)11(16-14(20)17-12)9-6-4-5-7-10(9)15/h4-7,11H,3H2,1-2H3,(H2,16,17,20). The maximum absolute atomic E-state index is 12.0. The van der Waals surface area contributed by atoms with Crippen molar-refractivity contribution in [1.82, 2.24) is 10.6 Å². The lowest BCUT2D eigenvalue weighted by Gasteiger charge is -2.30. The van der Waals surface area contributed by atoms with E-state index in [0.717, 1.165) is 11.1 Å². The topological polar surface area (TPSA) is 50.4 Å². The molecule has 2 rings (SSSR count). The Bertz CT molecular complexity index is 586. The second-order valence-electron chi connectivity index (χ2n) is 4.33. The Hall–Kier alpha value is -1.59. The van der Waals surface area contributed by atoms with Crippen LogP contribution in [0.5, 0.6) is 0 Å². The average Bonchev–Trinajstić information content (AvgIpc) is 2.42. The molecule has 4 nitrogen and oxygen atoms in total. The van der Waals surface area contributed by atoms with Crippen LogP contribution >= 0.6 is 23.8 Å². The molecule has 0 saturated heterocycles. The molecule has 1 heterocycles. The molecule has 1 aromatic rings. The number of ether oxygens (including phenoxy) is 1. The Morgan fingerprint density at radius 2 is 2.15 bits per heavy atom. The zero-order chi connectivity index (χ0) is 14.7. The molecule has 1 aliphatic heterocycles. The quantitative estimate of drug-likeness (QED) is 0.664. The number of nitrogens with one attached hydrogen (secondary N) is 2. The summed E-state index contributed by atoms with van der Waals surface area (Å²) in [6, 6.07) is 7.22. The van der Waals surface area contributed by atoms with Gasteiger partial charge in [0.1, 0.15) is 5.70 Å². The minimum Gasteiger partial charge on any atom is -0.461 e. The number of carbonyl (C=O) groups excluding carboxylic acids is 1. The summed E-state index contributed by atoms with van der Waals surface area (Å²) in [6.45, 7) is 3.93. The number of carbonyl (C=O) groups is 1. The predicted octanol–water partition coefficient (Wildman–Crippen LogP) is 2.70.